The van der Waals surface area contributed by atoms with Crippen LogP contribution in [0.1, 0.15) is 6.42 Å². The first-order chi connectivity index (χ1) is 7.13. The fourth-order valence-electron chi connectivity index (χ4n) is 1.57. The molecule has 0 unspecified atom stereocenters. The van der Waals surface area contributed by atoms with E-state index in [1.54, 1.807) is 6.08 Å². The second-order valence-corrected chi connectivity index (χ2v) is 3.40. The molecule has 0 spiro atoms. The molecule has 2 atom stereocenters. The number of hydrogen-bond acceptors (Lipinski definition) is 4. The molecule has 0 aliphatic heterocycles. The summed E-state index contributed by atoms with van der Waals surface area (Å²) < 4.78 is 9.47. The minimum atomic E-state index is -1.15. The van der Waals surface area contributed by atoms with Gasteiger partial charge >= 0.3 is 11.9 Å². The van der Waals surface area contributed by atoms with Crippen LogP contribution in [0.5, 0.6) is 0 Å². The molecule has 4 nitrogen and oxygen atoms in total. The van der Waals surface area contributed by atoms with E-state index in [2.05, 4.69) is 17.9 Å². The Balaban J connectivity index is 2.76. The maximum atomic E-state index is 11.6. The zero-order chi connectivity index (χ0) is 11.5. The minimum Gasteiger partial charge on any atom is -0.468 e. The normalized spacial score (nSPS) is 27.7. The van der Waals surface area contributed by atoms with Crippen molar-refractivity contribution in [2.75, 3.05) is 13.7 Å². The molecule has 1 aliphatic rings. The first kappa shape index (κ1) is 11.5. The molecule has 82 valence electrons. The number of ether oxygens (including phenoxy) is 2. The molecule has 0 saturated heterocycles. The first-order valence-corrected chi connectivity index (χ1v) is 4.62. The molecule has 0 aromatic heterocycles. The highest BCUT2D eigenvalue weighted by Gasteiger charge is 2.66. The van der Waals surface area contributed by atoms with Crippen molar-refractivity contribution in [3.8, 4) is 0 Å². The number of carbonyl (C=O) groups is 2. The highest BCUT2D eigenvalue weighted by Crippen LogP contribution is 2.55. The average molecular weight is 210 g/mol. The molecule has 4 heteroatoms. The summed E-state index contributed by atoms with van der Waals surface area (Å²) in [5.74, 6) is -1.29. The van der Waals surface area contributed by atoms with E-state index < -0.39 is 17.4 Å². The van der Waals surface area contributed by atoms with Crippen molar-refractivity contribution in [1.29, 1.82) is 0 Å². The average Bonchev–Trinajstić information content (AvgIpc) is 3.00. The summed E-state index contributed by atoms with van der Waals surface area (Å²) in [4.78, 5) is 23.1. The van der Waals surface area contributed by atoms with E-state index in [1.165, 1.54) is 13.2 Å². The highest BCUT2D eigenvalue weighted by atomic mass is 16.6. The molecule has 0 N–H and O–H groups in total. The van der Waals surface area contributed by atoms with E-state index in [-0.39, 0.29) is 12.5 Å². The lowest BCUT2D eigenvalue weighted by Gasteiger charge is -2.12. The standard InChI is InChI=1S/C11H14O4/c1-4-6-15-10(13)11(9(12)14-3)7-8(11)5-2/h4-5,8H,1-2,6-7H2,3H3/t8-,11-/m1/s1. The summed E-state index contributed by atoms with van der Waals surface area (Å²) in [5, 5.41) is 0. The molecule has 0 amide bonds. The van der Waals surface area contributed by atoms with Crippen LogP contribution in [0.15, 0.2) is 25.3 Å². The molecule has 1 fully saturated rings. The monoisotopic (exact) mass is 210 g/mol. The Bertz CT molecular complexity index is 308. The Morgan fingerprint density at radius 2 is 2.13 bits per heavy atom. The van der Waals surface area contributed by atoms with Crippen LogP contribution < -0.4 is 0 Å². The summed E-state index contributed by atoms with van der Waals surface area (Å²) in [6, 6.07) is 0. The van der Waals surface area contributed by atoms with Crippen molar-refractivity contribution < 1.29 is 19.1 Å². The fourth-order valence-corrected chi connectivity index (χ4v) is 1.57. The molecule has 0 bridgehead atoms. The SMILES string of the molecule is C=CCOC(=O)[C@]1(C(=O)OC)C[C@H]1C=C. The Hall–Kier alpha value is -1.58. The van der Waals surface area contributed by atoms with Crippen molar-refractivity contribution in [1.82, 2.24) is 0 Å². The fraction of sp³-hybridized carbons (Fsp3) is 0.455. The predicted molar refractivity (Wildman–Crippen MR) is 53.9 cm³/mol. The van der Waals surface area contributed by atoms with Gasteiger partial charge in [-0.05, 0) is 6.42 Å². The summed E-state index contributed by atoms with van der Waals surface area (Å²) >= 11 is 0. The second-order valence-electron chi connectivity index (χ2n) is 3.40. The van der Waals surface area contributed by atoms with Gasteiger partial charge in [0.15, 0.2) is 5.41 Å². The van der Waals surface area contributed by atoms with Gasteiger partial charge in [-0.1, -0.05) is 18.7 Å². The third-order valence-corrected chi connectivity index (χ3v) is 2.55. The van der Waals surface area contributed by atoms with E-state index in [1.807, 2.05) is 0 Å². The molecule has 1 saturated carbocycles. The quantitative estimate of drug-likeness (QED) is 0.387. The summed E-state index contributed by atoms with van der Waals surface area (Å²) in [5.41, 5.74) is -1.15. The van der Waals surface area contributed by atoms with E-state index in [0.29, 0.717) is 6.42 Å². The number of hydrogen-bond donors (Lipinski definition) is 0. The summed E-state index contributed by atoms with van der Waals surface area (Å²) in [6.45, 7) is 7.09. The topological polar surface area (TPSA) is 52.6 Å². The number of esters is 2. The number of allylic oxidation sites excluding steroid dienone is 1. The number of rotatable bonds is 5. The van der Waals surface area contributed by atoms with Crippen LogP contribution >= 0.6 is 0 Å². The van der Waals surface area contributed by atoms with E-state index in [4.69, 9.17) is 4.74 Å². The minimum absolute atomic E-state index is 0.0987. The van der Waals surface area contributed by atoms with Crippen molar-refractivity contribution in [3.63, 3.8) is 0 Å². The van der Waals surface area contributed by atoms with Crippen LogP contribution in [-0.4, -0.2) is 25.7 Å². The summed E-state index contributed by atoms with van der Waals surface area (Å²) in [6.07, 6.45) is 3.44. The van der Waals surface area contributed by atoms with Crippen molar-refractivity contribution >= 4 is 11.9 Å². The van der Waals surface area contributed by atoms with Crippen molar-refractivity contribution in [2.24, 2.45) is 11.3 Å². The zero-order valence-corrected chi connectivity index (χ0v) is 8.69. The van der Waals surface area contributed by atoms with Gasteiger partial charge in [0.1, 0.15) is 6.61 Å². The molecule has 15 heavy (non-hydrogen) atoms. The maximum absolute atomic E-state index is 11.6. The lowest BCUT2D eigenvalue weighted by molar-refractivity contribution is -0.162. The van der Waals surface area contributed by atoms with Gasteiger partial charge < -0.3 is 9.47 Å². The van der Waals surface area contributed by atoms with Crippen LogP contribution in [0, 0.1) is 11.3 Å². The molecule has 0 aromatic carbocycles. The third-order valence-electron chi connectivity index (χ3n) is 2.55. The molecule has 0 aromatic rings. The van der Waals surface area contributed by atoms with Gasteiger partial charge in [-0.3, -0.25) is 9.59 Å². The lowest BCUT2D eigenvalue weighted by atomic mass is 10.0. The summed E-state index contributed by atoms with van der Waals surface area (Å²) in [7, 11) is 1.25. The molecular formula is C11H14O4. The van der Waals surface area contributed by atoms with Crippen LogP contribution in [0.3, 0.4) is 0 Å². The van der Waals surface area contributed by atoms with Crippen LogP contribution in [0.4, 0.5) is 0 Å². The highest BCUT2D eigenvalue weighted by molar-refractivity contribution is 6.04. The van der Waals surface area contributed by atoms with Crippen LogP contribution in [-0.2, 0) is 19.1 Å². The van der Waals surface area contributed by atoms with Gasteiger partial charge in [-0.15, -0.1) is 6.58 Å². The predicted octanol–water partition coefficient (Wildman–Crippen LogP) is 1.08. The number of methoxy groups -OCH3 is 1. The van der Waals surface area contributed by atoms with Crippen LogP contribution in [0.2, 0.25) is 0 Å². The number of carbonyl (C=O) groups excluding carboxylic acids is 2. The second kappa shape index (κ2) is 4.29. The van der Waals surface area contributed by atoms with Gasteiger partial charge in [-0.25, -0.2) is 0 Å². The molecular weight excluding hydrogens is 196 g/mol. The van der Waals surface area contributed by atoms with Gasteiger partial charge in [-0.2, -0.15) is 0 Å². The molecule has 0 heterocycles. The van der Waals surface area contributed by atoms with Gasteiger partial charge in [0.25, 0.3) is 0 Å². The van der Waals surface area contributed by atoms with E-state index >= 15 is 0 Å². The maximum Gasteiger partial charge on any atom is 0.324 e. The Morgan fingerprint density at radius 1 is 1.47 bits per heavy atom. The van der Waals surface area contributed by atoms with Crippen LogP contribution in [0.25, 0.3) is 0 Å². The largest absolute Gasteiger partial charge is 0.468 e. The Kier molecular flexibility index (Phi) is 3.29. The van der Waals surface area contributed by atoms with Gasteiger partial charge in [0.05, 0.1) is 7.11 Å². The molecule has 1 rings (SSSR count). The lowest BCUT2D eigenvalue weighted by Crippen LogP contribution is -2.31. The van der Waals surface area contributed by atoms with E-state index in [0.717, 1.165) is 0 Å². The Morgan fingerprint density at radius 3 is 2.53 bits per heavy atom. The van der Waals surface area contributed by atoms with Crippen molar-refractivity contribution in [2.45, 2.75) is 6.42 Å². The first-order valence-electron chi connectivity index (χ1n) is 4.62. The van der Waals surface area contributed by atoms with Crippen molar-refractivity contribution in [3.05, 3.63) is 25.3 Å². The third kappa shape index (κ3) is 1.79. The van der Waals surface area contributed by atoms with Gasteiger partial charge in [0.2, 0.25) is 0 Å². The molecule has 1 aliphatic carbocycles. The Labute approximate surface area is 88.6 Å². The van der Waals surface area contributed by atoms with E-state index in [9.17, 15) is 9.59 Å². The zero-order valence-electron chi connectivity index (χ0n) is 8.69. The smallest absolute Gasteiger partial charge is 0.324 e. The molecule has 0 radical (unpaired) electrons. The van der Waals surface area contributed by atoms with Gasteiger partial charge in [0, 0.05) is 5.92 Å².